The molecular formula is C16H25NO2. The molecule has 2 N–H and O–H groups in total. The van der Waals surface area contributed by atoms with E-state index in [0.717, 1.165) is 18.4 Å². The average molecular weight is 263 g/mol. The van der Waals surface area contributed by atoms with Crippen LogP contribution in [0.25, 0.3) is 0 Å². The van der Waals surface area contributed by atoms with E-state index in [9.17, 15) is 5.11 Å². The fourth-order valence-electron chi connectivity index (χ4n) is 3.26. The molecule has 0 saturated heterocycles. The molecule has 3 nitrogen and oxygen atoms in total. The molecule has 106 valence electrons. The van der Waals surface area contributed by atoms with Gasteiger partial charge in [-0.3, -0.25) is 0 Å². The first-order chi connectivity index (χ1) is 9.08. The third-order valence-electron chi connectivity index (χ3n) is 4.21. The van der Waals surface area contributed by atoms with Crippen LogP contribution in [0, 0.1) is 6.92 Å². The van der Waals surface area contributed by atoms with E-state index in [-0.39, 0.29) is 6.04 Å². The van der Waals surface area contributed by atoms with E-state index < -0.39 is 0 Å². The monoisotopic (exact) mass is 263 g/mol. The molecular weight excluding hydrogens is 238 g/mol. The van der Waals surface area contributed by atoms with E-state index >= 15 is 0 Å². The van der Waals surface area contributed by atoms with Crippen molar-refractivity contribution in [3.63, 3.8) is 0 Å². The zero-order valence-electron chi connectivity index (χ0n) is 12.4. The maximum absolute atomic E-state index is 10.2. The number of aryl methyl sites for hydroxylation is 1. The maximum Gasteiger partial charge on any atom is 0.120 e. The second kappa shape index (κ2) is 5.93. The molecule has 2 rings (SSSR count). The number of fused-ring (bicyclic) bond motifs is 1. The van der Waals surface area contributed by atoms with Crippen molar-refractivity contribution in [2.75, 3.05) is 13.7 Å². The Morgan fingerprint density at radius 1 is 1.42 bits per heavy atom. The van der Waals surface area contributed by atoms with Crippen LogP contribution in [0.1, 0.15) is 55.3 Å². The summed E-state index contributed by atoms with van der Waals surface area (Å²) in [5.41, 5.74) is 3.70. The number of phenolic OH excluding ortho intramolecular Hbond substituents is 1. The van der Waals surface area contributed by atoms with Gasteiger partial charge in [0.05, 0.1) is 6.61 Å². The molecule has 3 unspecified atom stereocenters. The Bertz CT molecular complexity index is 445. The molecule has 0 aliphatic heterocycles. The van der Waals surface area contributed by atoms with Crippen LogP contribution in [0.4, 0.5) is 0 Å². The van der Waals surface area contributed by atoms with Gasteiger partial charge in [-0.1, -0.05) is 19.9 Å². The zero-order valence-corrected chi connectivity index (χ0v) is 12.4. The minimum Gasteiger partial charge on any atom is -0.508 e. The fraction of sp³-hybridized carbons (Fsp3) is 0.625. The Kier molecular flexibility index (Phi) is 4.48. The standard InChI is InChI=1S/C16H25NO2/c1-5-12(9-19-4)17-13-8-11(3)15-10(2)6-7-14(18)16(13)15/h6-7,11-13,17-18H,5,8-9H2,1-4H3. The molecule has 0 heterocycles. The molecule has 0 saturated carbocycles. The number of ether oxygens (including phenoxy) is 1. The van der Waals surface area contributed by atoms with Gasteiger partial charge in [0.1, 0.15) is 5.75 Å². The smallest absolute Gasteiger partial charge is 0.120 e. The van der Waals surface area contributed by atoms with Gasteiger partial charge in [-0.2, -0.15) is 0 Å². The fourth-order valence-corrected chi connectivity index (χ4v) is 3.26. The maximum atomic E-state index is 10.2. The van der Waals surface area contributed by atoms with Crippen molar-refractivity contribution >= 4 is 0 Å². The number of rotatable bonds is 5. The molecule has 0 aromatic heterocycles. The second-order valence-electron chi connectivity index (χ2n) is 5.65. The molecule has 0 amide bonds. The summed E-state index contributed by atoms with van der Waals surface area (Å²) in [5, 5.41) is 13.8. The highest BCUT2D eigenvalue weighted by atomic mass is 16.5. The molecule has 0 spiro atoms. The van der Waals surface area contributed by atoms with Gasteiger partial charge in [0.15, 0.2) is 0 Å². The van der Waals surface area contributed by atoms with Gasteiger partial charge in [0, 0.05) is 24.8 Å². The van der Waals surface area contributed by atoms with Gasteiger partial charge in [-0.25, -0.2) is 0 Å². The van der Waals surface area contributed by atoms with Crippen LogP contribution in [-0.4, -0.2) is 24.9 Å². The first kappa shape index (κ1) is 14.4. The van der Waals surface area contributed by atoms with Gasteiger partial charge >= 0.3 is 0 Å². The Morgan fingerprint density at radius 3 is 2.79 bits per heavy atom. The van der Waals surface area contributed by atoms with Crippen molar-refractivity contribution in [3.05, 3.63) is 28.8 Å². The highest BCUT2D eigenvalue weighted by Gasteiger charge is 2.32. The SMILES string of the molecule is CCC(COC)NC1CC(C)c2c(C)ccc(O)c21. The Morgan fingerprint density at radius 2 is 2.16 bits per heavy atom. The summed E-state index contributed by atoms with van der Waals surface area (Å²) in [6.45, 7) is 7.24. The van der Waals surface area contributed by atoms with Gasteiger partial charge in [-0.15, -0.1) is 0 Å². The van der Waals surface area contributed by atoms with Crippen LogP contribution in [0.5, 0.6) is 5.75 Å². The van der Waals surface area contributed by atoms with Crippen molar-refractivity contribution in [1.82, 2.24) is 5.32 Å². The molecule has 1 aromatic rings. The Hall–Kier alpha value is -1.06. The van der Waals surface area contributed by atoms with Crippen LogP contribution in [0.2, 0.25) is 0 Å². The van der Waals surface area contributed by atoms with Gasteiger partial charge in [0.2, 0.25) is 0 Å². The second-order valence-corrected chi connectivity index (χ2v) is 5.65. The molecule has 3 atom stereocenters. The predicted molar refractivity (Wildman–Crippen MR) is 77.7 cm³/mol. The number of hydrogen-bond acceptors (Lipinski definition) is 3. The summed E-state index contributed by atoms with van der Waals surface area (Å²) in [7, 11) is 1.73. The molecule has 0 fully saturated rings. The third-order valence-corrected chi connectivity index (χ3v) is 4.21. The highest BCUT2D eigenvalue weighted by molar-refractivity contribution is 5.50. The topological polar surface area (TPSA) is 41.5 Å². The molecule has 19 heavy (non-hydrogen) atoms. The van der Waals surface area contributed by atoms with E-state index in [1.165, 1.54) is 11.1 Å². The van der Waals surface area contributed by atoms with Gasteiger partial charge < -0.3 is 15.2 Å². The van der Waals surface area contributed by atoms with Crippen LogP contribution >= 0.6 is 0 Å². The van der Waals surface area contributed by atoms with Crippen LogP contribution in [0.3, 0.4) is 0 Å². The highest BCUT2D eigenvalue weighted by Crippen LogP contribution is 2.46. The summed E-state index contributed by atoms with van der Waals surface area (Å²) >= 11 is 0. The first-order valence-corrected chi connectivity index (χ1v) is 7.15. The molecule has 3 heteroatoms. The number of nitrogens with one attached hydrogen (secondary N) is 1. The van der Waals surface area contributed by atoms with Crippen molar-refractivity contribution < 1.29 is 9.84 Å². The minimum atomic E-state index is 0.241. The Balaban J connectivity index is 2.26. The van der Waals surface area contributed by atoms with E-state index in [2.05, 4.69) is 26.1 Å². The number of phenols is 1. The predicted octanol–water partition coefficient (Wildman–Crippen LogP) is 3.26. The largest absolute Gasteiger partial charge is 0.508 e. The lowest BCUT2D eigenvalue weighted by molar-refractivity contribution is 0.157. The van der Waals surface area contributed by atoms with E-state index in [4.69, 9.17) is 4.74 Å². The van der Waals surface area contributed by atoms with E-state index in [1.807, 2.05) is 12.1 Å². The first-order valence-electron chi connectivity index (χ1n) is 7.15. The number of methoxy groups -OCH3 is 1. The van der Waals surface area contributed by atoms with Gasteiger partial charge in [-0.05, 0) is 42.9 Å². The number of hydrogen-bond donors (Lipinski definition) is 2. The lowest BCUT2D eigenvalue weighted by atomic mass is 9.97. The normalized spacial score (nSPS) is 23.4. The van der Waals surface area contributed by atoms with E-state index in [1.54, 1.807) is 7.11 Å². The molecule has 0 radical (unpaired) electrons. The quantitative estimate of drug-likeness (QED) is 0.856. The molecule has 1 aromatic carbocycles. The lowest BCUT2D eigenvalue weighted by Crippen LogP contribution is -2.35. The minimum absolute atomic E-state index is 0.241. The van der Waals surface area contributed by atoms with Crippen molar-refractivity contribution in [1.29, 1.82) is 0 Å². The zero-order chi connectivity index (χ0) is 14.0. The van der Waals surface area contributed by atoms with Crippen molar-refractivity contribution in [2.24, 2.45) is 0 Å². The summed E-state index contributed by atoms with van der Waals surface area (Å²) in [4.78, 5) is 0. The lowest BCUT2D eigenvalue weighted by Gasteiger charge is -2.22. The summed E-state index contributed by atoms with van der Waals surface area (Å²) in [6.07, 6.45) is 2.08. The number of benzene rings is 1. The van der Waals surface area contributed by atoms with Gasteiger partial charge in [0.25, 0.3) is 0 Å². The van der Waals surface area contributed by atoms with Crippen LogP contribution in [0.15, 0.2) is 12.1 Å². The summed E-state index contributed by atoms with van der Waals surface area (Å²) in [5.74, 6) is 0.925. The van der Waals surface area contributed by atoms with Crippen LogP contribution in [-0.2, 0) is 4.74 Å². The molecule has 1 aliphatic carbocycles. The molecule has 0 bridgehead atoms. The summed E-state index contributed by atoms with van der Waals surface area (Å²) in [6, 6.07) is 4.41. The third kappa shape index (κ3) is 2.77. The van der Waals surface area contributed by atoms with Crippen molar-refractivity contribution in [2.45, 2.75) is 51.6 Å². The molecule has 1 aliphatic rings. The average Bonchev–Trinajstić information content (AvgIpc) is 2.71. The summed E-state index contributed by atoms with van der Waals surface area (Å²) < 4.78 is 5.25. The van der Waals surface area contributed by atoms with Crippen molar-refractivity contribution in [3.8, 4) is 5.75 Å². The van der Waals surface area contributed by atoms with Crippen LogP contribution < -0.4 is 5.32 Å². The number of aromatic hydroxyl groups is 1. The Labute approximate surface area is 116 Å². The van der Waals surface area contributed by atoms with E-state index in [0.29, 0.717) is 24.3 Å².